The summed E-state index contributed by atoms with van der Waals surface area (Å²) in [4.78, 5) is 0.358. The van der Waals surface area contributed by atoms with Crippen LogP contribution in [0, 0.1) is 6.92 Å². The number of hydrogen-bond donors (Lipinski definition) is 1. The van der Waals surface area contributed by atoms with Gasteiger partial charge in [-0.15, -0.1) is 0 Å². The van der Waals surface area contributed by atoms with Gasteiger partial charge in [0.05, 0.1) is 16.6 Å². The molecular formula is C19H19N3O2S2. The van der Waals surface area contributed by atoms with E-state index in [9.17, 15) is 8.42 Å². The predicted molar refractivity (Wildman–Crippen MR) is 104 cm³/mol. The van der Waals surface area contributed by atoms with Gasteiger partial charge in [0.2, 0.25) is 0 Å². The standard InChI is InChI=1S/C19H19N3O2S2/c1-13-7-8-16-18(9-13)26(23,24)22(2)17-6-4-3-5-15(17)19(16)20-10-14-11-21-25-12-14/h3-9,11-12,19-20H,10H2,1-2H3. The fourth-order valence-corrected chi connectivity index (χ4v) is 5.40. The maximum absolute atomic E-state index is 13.2. The number of nitrogens with zero attached hydrogens (tertiary/aromatic N) is 2. The summed E-state index contributed by atoms with van der Waals surface area (Å²) in [5, 5.41) is 5.52. The molecule has 26 heavy (non-hydrogen) atoms. The summed E-state index contributed by atoms with van der Waals surface area (Å²) in [5.41, 5.74) is 4.43. The third-order valence-electron chi connectivity index (χ3n) is 4.70. The Labute approximate surface area is 157 Å². The quantitative estimate of drug-likeness (QED) is 0.750. The van der Waals surface area contributed by atoms with Crippen molar-refractivity contribution >= 4 is 27.2 Å². The Morgan fingerprint density at radius 1 is 1.19 bits per heavy atom. The topological polar surface area (TPSA) is 62.3 Å². The third-order valence-corrected chi connectivity index (χ3v) is 7.16. The molecule has 0 amide bonds. The van der Waals surface area contributed by atoms with Crippen LogP contribution in [0.3, 0.4) is 0 Å². The van der Waals surface area contributed by atoms with Gasteiger partial charge >= 0.3 is 0 Å². The number of rotatable bonds is 3. The molecule has 134 valence electrons. The second-order valence-corrected chi connectivity index (χ2v) is 9.01. The Bertz CT molecular complexity index is 1050. The monoisotopic (exact) mass is 385 g/mol. The molecule has 1 unspecified atom stereocenters. The molecule has 3 aromatic rings. The minimum atomic E-state index is -3.62. The maximum Gasteiger partial charge on any atom is 0.264 e. The molecule has 1 aromatic heterocycles. The lowest BCUT2D eigenvalue weighted by Gasteiger charge is -2.21. The fraction of sp³-hybridized carbons (Fsp3) is 0.211. The van der Waals surface area contributed by atoms with Crippen LogP contribution in [-0.4, -0.2) is 19.8 Å². The van der Waals surface area contributed by atoms with Crippen LogP contribution in [0.15, 0.2) is 58.9 Å². The van der Waals surface area contributed by atoms with Gasteiger partial charge in [0.1, 0.15) is 0 Å². The molecule has 1 N–H and O–H groups in total. The molecule has 0 aliphatic carbocycles. The molecule has 2 heterocycles. The molecule has 0 spiro atoms. The Morgan fingerprint density at radius 3 is 2.77 bits per heavy atom. The van der Waals surface area contributed by atoms with Gasteiger partial charge in [0.25, 0.3) is 10.0 Å². The van der Waals surface area contributed by atoms with Gasteiger partial charge in [0, 0.05) is 25.2 Å². The van der Waals surface area contributed by atoms with Crippen molar-refractivity contribution in [2.75, 3.05) is 11.4 Å². The van der Waals surface area contributed by atoms with E-state index >= 15 is 0 Å². The van der Waals surface area contributed by atoms with Gasteiger partial charge in [-0.05, 0) is 52.8 Å². The van der Waals surface area contributed by atoms with E-state index in [-0.39, 0.29) is 6.04 Å². The summed E-state index contributed by atoms with van der Waals surface area (Å²) in [5.74, 6) is 0. The summed E-state index contributed by atoms with van der Waals surface area (Å²) < 4.78 is 31.9. The van der Waals surface area contributed by atoms with E-state index in [1.165, 1.54) is 15.8 Å². The normalized spacial score (nSPS) is 18.1. The second-order valence-electron chi connectivity index (χ2n) is 6.42. The van der Waals surface area contributed by atoms with Crippen molar-refractivity contribution in [3.8, 4) is 0 Å². The third kappa shape index (κ3) is 2.82. The van der Waals surface area contributed by atoms with E-state index in [0.29, 0.717) is 17.1 Å². The van der Waals surface area contributed by atoms with Gasteiger partial charge in [-0.25, -0.2) is 12.8 Å². The van der Waals surface area contributed by atoms with Crippen molar-refractivity contribution < 1.29 is 8.42 Å². The molecule has 0 saturated heterocycles. The SMILES string of the molecule is Cc1ccc2c(c1)S(=O)(=O)N(C)c1ccccc1C2NCc1cnsc1. The molecule has 1 atom stereocenters. The lowest BCUT2D eigenvalue weighted by molar-refractivity contribution is 0.585. The van der Waals surface area contributed by atoms with Gasteiger partial charge < -0.3 is 5.32 Å². The molecule has 1 aliphatic rings. The molecule has 0 fully saturated rings. The van der Waals surface area contributed by atoms with Crippen molar-refractivity contribution in [2.45, 2.75) is 24.4 Å². The maximum atomic E-state index is 13.2. The van der Waals surface area contributed by atoms with Crippen LogP contribution in [-0.2, 0) is 16.6 Å². The van der Waals surface area contributed by atoms with Crippen molar-refractivity contribution in [2.24, 2.45) is 0 Å². The predicted octanol–water partition coefficient (Wildman–Crippen LogP) is 3.47. The largest absolute Gasteiger partial charge is 0.302 e. The smallest absolute Gasteiger partial charge is 0.264 e. The van der Waals surface area contributed by atoms with E-state index < -0.39 is 10.0 Å². The van der Waals surface area contributed by atoms with Gasteiger partial charge in [0.15, 0.2) is 0 Å². The van der Waals surface area contributed by atoms with Crippen LogP contribution in [0.2, 0.25) is 0 Å². The highest BCUT2D eigenvalue weighted by atomic mass is 32.2. The number of para-hydroxylation sites is 1. The minimum absolute atomic E-state index is 0.221. The average Bonchev–Trinajstić information content (AvgIpc) is 3.14. The Morgan fingerprint density at radius 2 is 2.00 bits per heavy atom. The van der Waals surface area contributed by atoms with Crippen LogP contribution in [0.25, 0.3) is 0 Å². The summed E-state index contributed by atoms with van der Waals surface area (Å²) in [6.07, 6.45) is 1.83. The number of aryl methyl sites for hydroxylation is 1. The van der Waals surface area contributed by atoms with E-state index in [0.717, 1.165) is 22.3 Å². The van der Waals surface area contributed by atoms with Crippen LogP contribution in [0.1, 0.15) is 28.3 Å². The zero-order valence-electron chi connectivity index (χ0n) is 14.5. The average molecular weight is 386 g/mol. The van der Waals surface area contributed by atoms with Crippen molar-refractivity contribution in [1.29, 1.82) is 0 Å². The highest BCUT2D eigenvalue weighted by molar-refractivity contribution is 7.92. The molecule has 0 saturated carbocycles. The fourth-order valence-electron chi connectivity index (χ4n) is 3.32. The van der Waals surface area contributed by atoms with Crippen LogP contribution in [0.4, 0.5) is 5.69 Å². The molecule has 1 aliphatic heterocycles. The number of nitrogens with one attached hydrogen (secondary N) is 1. The second kappa shape index (κ2) is 6.50. The summed E-state index contributed by atoms with van der Waals surface area (Å²) in [6.45, 7) is 2.53. The first-order valence-electron chi connectivity index (χ1n) is 8.28. The van der Waals surface area contributed by atoms with Crippen molar-refractivity contribution in [1.82, 2.24) is 9.69 Å². The van der Waals surface area contributed by atoms with Crippen molar-refractivity contribution in [3.05, 3.63) is 76.3 Å². The summed E-state index contributed by atoms with van der Waals surface area (Å²) >= 11 is 1.41. The lowest BCUT2D eigenvalue weighted by Crippen LogP contribution is -2.26. The van der Waals surface area contributed by atoms with Gasteiger partial charge in [-0.3, -0.25) is 4.31 Å². The molecule has 2 aromatic carbocycles. The molecule has 5 nitrogen and oxygen atoms in total. The van der Waals surface area contributed by atoms with Crippen LogP contribution < -0.4 is 9.62 Å². The van der Waals surface area contributed by atoms with Gasteiger partial charge in [-0.1, -0.05) is 30.3 Å². The Hall–Kier alpha value is -2.22. The summed E-state index contributed by atoms with van der Waals surface area (Å²) in [6, 6.07) is 13.1. The summed E-state index contributed by atoms with van der Waals surface area (Å²) in [7, 11) is -2.00. The Balaban J connectivity index is 1.90. The van der Waals surface area contributed by atoms with Crippen LogP contribution in [0.5, 0.6) is 0 Å². The Kier molecular flexibility index (Phi) is 4.30. The molecule has 0 radical (unpaired) electrons. The number of fused-ring (bicyclic) bond motifs is 2. The first-order chi connectivity index (χ1) is 12.5. The highest BCUT2D eigenvalue weighted by Crippen LogP contribution is 2.40. The first kappa shape index (κ1) is 17.2. The highest BCUT2D eigenvalue weighted by Gasteiger charge is 2.34. The van der Waals surface area contributed by atoms with E-state index in [1.54, 1.807) is 13.1 Å². The number of sulfonamides is 1. The zero-order chi connectivity index (χ0) is 18.3. The van der Waals surface area contributed by atoms with E-state index in [1.807, 2.05) is 54.9 Å². The number of benzene rings is 2. The van der Waals surface area contributed by atoms with E-state index in [2.05, 4.69) is 9.69 Å². The van der Waals surface area contributed by atoms with E-state index in [4.69, 9.17) is 0 Å². The van der Waals surface area contributed by atoms with Crippen molar-refractivity contribution in [3.63, 3.8) is 0 Å². The lowest BCUT2D eigenvalue weighted by atomic mass is 9.96. The number of aromatic nitrogens is 1. The molecule has 4 rings (SSSR count). The molecular weight excluding hydrogens is 366 g/mol. The molecule has 7 heteroatoms. The molecule has 0 bridgehead atoms. The first-order valence-corrected chi connectivity index (χ1v) is 10.6. The van der Waals surface area contributed by atoms with Gasteiger partial charge in [-0.2, -0.15) is 0 Å². The number of hydrogen-bond acceptors (Lipinski definition) is 5. The van der Waals surface area contributed by atoms with Crippen LogP contribution >= 0.6 is 11.5 Å². The number of anilines is 1. The zero-order valence-corrected chi connectivity index (χ0v) is 16.1. The minimum Gasteiger partial charge on any atom is -0.302 e.